The molecular weight excluding hydrogens is 214 g/mol. The Morgan fingerprint density at radius 1 is 1.41 bits per heavy atom. The molecule has 2 unspecified atom stereocenters. The van der Waals surface area contributed by atoms with E-state index in [1.165, 1.54) is 0 Å². The first kappa shape index (κ1) is 14.2. The highest BCUT2D eigenvalue weighted by molar-refractivity contribution is 5.91. The molecule has 0 aliphatic heterocycles. The van der Waals surface area contributed by atoms with Crippen LogP contribution in [0.4, 0.5) is 0 Å². The van der Waals surface area contributed by atoms with Crippen LogP contribution < -0.4 is 5.73 Å². The second-order valence-electron chi connectivity index (χ2n) is 6.35. The van der Waals surface area contributed by atoms with Gasteiger partial charge in [0, 0.05) is 5.57 Å². The molecule has 0 radical (unpaired) electrons. The summed E-state index contributed by atoms with van der Waals surface area (Å²) >= 11 is 0. The molecule has 1 fully saturated rings. The van der Waals surface area contributed by atoms with Crippen molar-refractivity contribution in [1.82, 2.24) is 0 Å². The van der Waals surface area contributed by atoms with Crippen LogP contribution in [0.3, 0.4) is 0 Å². The Morgan fingerprint density at radius 2 is 2.00 bits per heavy atom. The first-order valence-corrected chi connectivity index (χ1v) is 6.38. The van der Waals surface area contributed by atoms with Crippen LogP contribution in [0.2, 0.25) is 0 Å². The Hall–Kier alpha value is -0.830. The van der Waals surface area contributed by atoms with Crippen molar-refractivity contribution in [1.29, 1.82) is 0 Å². The molecule has 0 aromatic heterocycles. The molecule has 98 valence electrons. The molecule has 1 aliphatic rings. The average Bonchev–Trinajstić information content (AvgIpc) is 2.15. The van der Waals surface area contributed by atoms with Crippen molar-refractivity contribution in [3.63, 3.8) is 0 Å². The van der Waals surface area contributed by atoms with E-state index >= 15 is 0 Å². The van der Waals surface area contributed by atoms with Crippen LogP contribution in [-0.4, -0.2) is 16.6 Å². The number of hydrogen-bond donors (Lipinski definition) is 2. The minimum absolute atomic E-state index is 0.0313. The molecule has 3 nitrogen and oxygen atoms in total. The summed E-state index contributed by atoms with van der Waals surface area (Å²) in [7, 11) is 0. The van der Waals surface area contributed by atoms with E-state index in [1.54, 1.807) is 13.0 Å². The zero-order valence-corrected chi connectivity index (χ0v) is 11.4. The number of hydrogen-bond acceptors (Lipinski definition) is 2. The molecule has 17 heavy (non-hydrogen) atoms. The smallest absolute Gasteiger partial charge is 0.244 e. The van der Waals surface area contributed by atoms with Gasteiger partial charge in [0.15, 0.2) is 0 Å². The number of aliphatic hydroxyl groups is 1. The van der Waals surface area contributed by atoms with Gasteiger partial charge in [-0.2, -0.15) is 0 Å². The van der Waals surface area contributed by atoms with Crippen LogP contribution in [0.25, 0.3) is 0 Å². The molecule has 0 saturated heterocycles. The average molecular weight is 239 g/mol. The van der Waals surface area contributed by atoms with Gasteiger partial charge in [-0.15, -0.1) is 0 Å². The summed E-state index contributed by atoms with van der Waals surface area (Å²) in [5, 5.41) is 10.8. The lowest BCUT2D eigenvalue weighted by atomic mass is 9.63. The Labute approximate surface area is 104 Å². The first-order valence-electron chi connectivity index (χ1n) is 6.38. The van der Waals surface area contributed by atoms with Crippen molar-refractivity contribution in [3.8, 4) is 0 Å². The third kappa shape index (κ3) is 3.32. The Bertz CT molecular complexity index is 328. The number of nitrogens with two attached hydrogens (primary N) is 1. The van der Waals surface area contributed by atoms with Gasteiger partial charge in [0.05, 0.1) is 5.60 Å². The molecular formula is C14H25NO2. The predicted molar refractivity (Wildman–Crippen MR) is 69.3 cm³/mol. The molecule has 2 atom stereocenters. The van der Waals surface area contributed by atoms with Gasteiger partial charge in [0.25, 0.3) is 0 Å². The maximum Gasteiger partial charge on any atom is 0.244 e. The molecule has 1 amide bonds. The Morgan fingerprint density at radius 3 is 2.47 bits per heavy atom. The van der Waals surface area contributed by atoms with E-state index in [9.17, 15) is 9.90 Å². The van der Waals surface area contributed by atoms with Crippen molar-refractivity contribution < 1.29 is 9.90 Å². The van der Waals surface area contributed by atoms with Crippen LogP contribution in [0, 0.1) is 11.3 Å². The van der Waals surface area contributed by atoms with Crippen molar-refractivity contribution in [2.24, 2.45) is 17.1 Å². The quantitative estimate of drug-likeness (QED) is 0.727. The summed E-state index contributed by atoms with van der Waals surface area (Å²) in [4.78, 5) is 11.1. The number of rotatable bonds is 2. The summed E-state index contributed by atoms with van der Waals surface area (Å²) in [6.07, 6.45) is 5.56. The van der Waals surface area contributed by atoms with Gasteiger partial charge in [0.2, 0.25) is 5.91 Å². The van der Waals surface area contributed by atoms with Crippen molar-refractivity contribution in [3.05, 3.63) is 11.6 Å². The minimum Gasteiger partial charge on any atom is -0.385 e. The fourth-order valence-corrected chi connectivity index (χ4v) is 2.98. The number of amides is 1. The van der Waals surface area contributed by atoms with E-state index in [1.807, 2.05) is 0 Å². The molecule has 0 spiro atoms. The summed E-state index contributed by atoms with van der Waals surface area (Å²) in [5.41, 5.74) is 4.86. The molecule has 1 saturated carbocycles. The Balaban J connectivity index is 3.05. The van der Waals surface area contributed by atoms with E-state index in [-0.39, 0.29) is 11.3 Å². The van der Waals surface area contributed by atoms with Gasteiger partial charge >= 0.3 is 0 Å². The van der Waals surface area contributed by atoms with E-state index < -0.39 is 11.5 Å². The van der Waals surface area contributed by atoms with Crippen LogP contribution in [0.5, 0.6) is 0 Å². The highest BCUT2D eigenvalue weighted by Gasteiger charge is 2.43. The molecule has 0 heterocycles. The lowest BCUT2D eigenvalue weighted by Gasteiger charge is -2.45. The van der Waals surface area contributed by atoms with Crippen molar-refractivity contribution >= 4 is 5.91 Å². The lowest BCUT2D eigenvalue weighted by Crippen LogP contribution is -2.46. The summed E-state index contributed by atoms with van der Waals surface area (Å²) in [6.45, 7) is 8.10. The van der Waals surface area contributed by atoms with Gasteiger partial charge in [-0.05, 0) is 37.2 Å². The van der Waals surface area contributed by atoms with Crippen molar-refractivity contribution in [2.75, 3.05) is 0 Å². The van der Waals surface area contributed by atoms with Gasteiger partial charge in [-0.25, -0.2) is 0 Å². The zero-order valence-electron chi connectivity index (χ0n) is 11.4. The van der Waals surface area contributed by atoms with E-state index in [4.69, 9.17) is 5.73 Å². The van der Waals surface area contributed by atoms with E-state index in [2.05, 4.69) is 20.8 Å². The van der Waals surface area contributed by atoms with Crippen LogP contribution in [0.1, 0.15) is 53.4 Å². The summed E-state index contributed by atoms with van der Waals surface area (Å²) in [6, 6.07) is 0. The van der Waals surface area contributed by atoms with Crippen LogP contribution in [-0.2, 0) is 4.79 Å². The second kappa shape index (κ2) is 4.81. The number of primary amides is 1. The fourth-order valence-electron chi connectivity index (χ4n) is 2.98. The van der Waals surface area contributed by atoms with E-state index in [0.717, 1.165) is 25.7 Å². The zero-order chi connectivity index (χ0) is 13.3. The number of carbonyl (C=O) groups excluding carboxylic acids is 1. The molecule has 0 aromatic carbocycles. The molecule has 1 rings (SSSR count). The molecule has 1 aliphatic carbocycles. The fraction of sp³-hybridized carbons (Fsp3) is 0.786. The molecule has 3 N–H and O–H groups in total. The normalized spacial score (nSPS) is 31.4. The van der Waals surface area contributed by atoms with Crippen LogP contribution in [0.15, 0.2) is 11.6 Å². The van der Waals surface area contributed by atoms with Crippen LogP contribution >= 0.6 is 0 Å². The SMILES string of the molecule is CC(=CC1(O)CCCCC1C(C)(C)C)C(N)=O. The third-order valence-corrected chi connectivity index (χ3v) is 3.82. The molecule has 0 aromatic rings. The largest absolute Gasteiger partial charge is 0.385 e. The molecule has 0 bridgehead atoms. The Kier molecular flexibility index (Phi) is 4.03. The summed E-state index contributed by atoms with van der Waals surface area (Å²) < 4.78 is 0. The first-order chi connectivity index (χ1) is 7.67. The van der Waals surface area contributed by atoms with Gasteiger partial charge in [-0.1, -0.05) is 33.6 Å². The highest BCUT2D eigenvalue weighted by atomic mass is 16.3. The predicted octanol–water partition coefficient (Wildman–Crippen LogP) is 2.39. The van der Waals surface area contributed by atoms with E-state index in [0.29, 0.717) is 5.57 Å². The van der Waals surface area contributed by atoms with Gasteiger partial charge in [0.1, 0.15) is 0 Å². The highest BCUT2D eigenvalue weighted by Crippen LogP contribution is 2.45. The topological polar surface area (TPSA) is 63.3 Å². The van der Waals surface area contributed by atoms with Gasteiger partial charge in [-0.3, -0.25) is 4.79 Å². The standard InChI is InChI=1S/C14H25NO2/c1-10(12(15)16)9-14(17)8-6-5-7-11(14)13(2,3)4/h9,11,17H,5-8H2,1-4H3,(H2,15,16). The lowest BCUT2D eigenvalue weighted by molar-refractivity contribution is -0.115. The molecule has 3 heteroatoms. The minimum atomic E-state index is -0.879. The van der Waals surface area contributed by atoms with Crippen molar-refractivity contribution in [2.45, 2.75) is 59.0 Å². The maximum absolute atomic E-state index is 11.1. The van der Waals surface area contributed by atoms with Gasteiger partial charge < -0.3 is 10.8 Å². The summed E-state index contributed by atoms with van der Waals surface area (Å²) in [5.74, 6) is -0.269. The second-order valence-corrected chi connectivity index (χ2v) is 6.35. The third-order valence-electron chi connectivity index (χ3n) is 3.82. The number of carbonyl (C=O) groups is 1. The monoisotopic (exact) mass is 239 g/mol. The maximum atomic E-state index is 11.1.